The van der Waals surface area contributed by atoms with E-state index in [2.05, 4.69) is 15.0 Å². The summed E-state index contributed by atoms with van der Waals surface area (Å²) < 4.78 is 25.4. The van der Waals surface area contributed by atoms with E-state index in [4.69, 9.17) is 26.8 Å². The van der Waals surface area contributed by atoms with Crippen LogP contribution in [-0.2, 0) is 25.5 Å². The summed E-state index contributed by atoms with van der Waals surface area (Å²) in [6.07, 6.45) is -5.18. The molecule has 0 saturated carbocycles. The van der Waals surface area contributed by atoms with Crippen LogP contribution in [0.1, 0.15) is 11.8 Å². The summed E-state index contributed by atoms with van der Waals surface area (Å²) in [4.78, 5) is 35.7. The van der Waals surface area contributed by atoms with Gasteiger partial charge in [-0.2, -0.15) is 9.97 Å². The van der Waals surface area contributed by atoms with E-state index in [-0.39, 0.29) is 27.8 Å². The third-order valence-electron chi connectivity index (χ3n) is 5.58. The van der Waals surface area contributed by atoms with Crippen LogP contribution in [0.2, 0.25) is 5.28 Å². The number of carbonyl (C=O) groups is 2. The summed E-state index contributed by atoms with van der Waals surface area (Å²) in [5.41, 5.74) is 3.43. The van der Waals surface area contributed by atoms with Crippen LogP contribution in [-0.4, -0.2) is 82.4 Å². The number of fused-ring (bicyclic) bond motifs is 1. The highest BCUT2D eigenvalue weighted by atomic mass is 35.5. The van der Waals surface area contributed by atoms with Gasteiger partial charge in [-0.25, -0.2) is 19.0 Å². The van der Waals surface area contributed by atoms with E-state index >= 15 is 0 Å². The lowest BCUT2D eigenvalue weighted by Gasteiger charge is -2.27. The molecule has 1 aliphatic heterocycles. The molecule has 4 rings (SSSR count). The molecule has 6 N–H and O–H groups in total. The van der Waals surface area contributed by atoms with E-state index in [1.807, 2.05) is 0 Å². The number of aliphatic hydroxyl groups is 2. The molecule has 186 valence electrons. The van der Waals surface area contributed by atoms with Gasteiger partial charge in [-0.05, 0) is 29.3 Å². The van der Waals surface area contributed by atoms with Gasteiger partial charge in [0, 0.05) is 6.42 Å². The number of carboxylic acid groups (broad SMARTS) is 2. The highest BCUT2D eigenvalue weighted by Gasteiger charge is 2.51. The standard InChI is InChI=1S/C20H19ClFN5O8/c21-19-25-14(23)11-15(26-19)27(7-24-11)16-13(29)12(28)10(35-16)6-34-20(17(30)31,18(32)33)5-8-1-3-9(22)4-2-8/h1-4,7,10,12-13,16,28-29H,5-6H2,(H,30,31)(H,32,33)(H2,23,25,26). The number of hydrogen-bond acceptors (Lipinski definition) is 10. The first kappa shape index (κ1) is 24.7. The Morgan fingerprint density at radius 2 is 1.83 bits per heavy atom. The Labute approximate surface area is 200 Å². The first-order valence-electron chi connectivity index (χ1n) is 10.1. The molecule has 0 radical (unpaired) electrons. The van der Waals surface area contributed by atoms with Crippen LogP contribution in [0, 0.1) is 5.82 Å². The van der Waals surface area contributed by atoms with E-state index in [1.54, 1.807) is 0 Å². The van der Waals surface area contributed by atoms with Gasteiger partial charge in [0.15, 0.2) is 17.7 Å². The minimum Gasteiger partial charge on any atom is -0.479 e. The number of carboxylic acids is 2. The summed E-state index contributed by atoms with van der Waals surface area (Å²) >= 11 is 5.84. The molecular weight excluding hydrogens is 493 g/mol. The van der Waals surface area contributed by atoms with Gasteiger partial charge < -0.3 is 35.6 Å². The monoisotopic (exact) mass is 511 g/mol. The highest BCUT2D eigenvalue weighted by Crippen LogP contribution is 2.33. The molecule has 1 fully saturated rings. The Hall–Kier alpha value is -3.43. The molecule has 3 heterocycles. The number of aliphatic hydroxyl groups excluding tert-OH is 2. The van der Waals surface area contributed by atoms with Crippen LogP contribution in [0.3, 0.4) is 0 Å². The minimum atomic E-state index is -2.78. The molecule has 0 spiro atoms. The van der Waals surface area contributed by atoms with Gasteiger partial charge >= 0.3 is 11.9 Å². The van der Waals surface area contributed by atoms with Gasteiger partial charge in [0.2, 0.25) is 5.28 Å². The molecule has 1 aliphatic rings. The smallest absolute Gasteiger partial charge is 0.348 e. The predicted octanol–water partition coefficient (Wildman–Crippen LogP) is -0.0125. The number of imidazole rings is 1. The van der Waals surface area contributed by atoms with E-state index in [9.17, 15) is 34.4 Å². The fraction of sp³-hybridized carbons (Fsp3) is 0.350. The number of nitrogens with two attached hydrogens (primary N) is 1. The van der Waals surface area contributed by atoms with Crippen molar-refractivity contribution in [1.29, 1.82) is 0 Å². The van der Waals surface area contributed by atoms with E-state index in [1.165, 1.54) is 23.0 Å². The average Bonchev–Trinajstić information content (AvgIpc) is 3.33. The number of nitrogen functional groups attached to an aromatic ring is 1. The minimum absolute atomic E-state index is 0.0276. The van der Waals surface area contributed by atoms with Crippen LogP contribution in [0.25, 0.3) is 11.2 Å². The Bertz CT molecular complexity index is 1260. The number of rotatable bonds is 8. The Kier molecular flexibility index (Phi) is 6.57. The number of hydrogen-bond donors (Lipinski definition) is 5. The van der Waals surface area contributed by atoms with Gasteiger partial charge in [0.1, 0.15) is 29.6 Å². The maximum atomic E-state index is 13.2. The number of benzene rings is 1. The first-order chi connectivity index (χ1) is 16.5. The van der Waals surface area contributed by atoms with Crippen LogP contribution in [0.15, 0.2) is 30.6 Å². The summed E-state index contributed by atoms with van der Waals surface area (Å²) in [5.74, 6) is -4.25. The SMILES string of the molecule is Nc1nc(Cl)nc2c1ncn2C1OC(COC(Cc2ccc(F)cc2)(C(=O)O)C(=O)O)C(O)C1O. The van der Waals surface area contributed by atoms with Gasteiger partial charge in [0.05, 0.1) is 12.9 Å². The molecule has 35 heavy (non-hydrogen) atoms. The van der Waals surface area contributed by atoms with Crippen molar-refractivity contribution in [3.8, 4) is 0 Å². The number of ether oxygens (including phenoxy) is 2. The van der Waals surface area contributed by atoms with E-state index < -0.39 is 60.9 Å². The van der Waals surface area contributed by atoms with E-state index in [0.717, 1.165) is 12.1 Å². The number of nitrogens with zero attached hydrogens (tertiary/aromatic N) is 4. The van der Waals surface area contributed by atoms with Crippen molar-refractivity contribution < 1.29 is 43.9 Å². The lowest BCUT2D eigenvalue weighted by molar-refractivity contribution is -0.190. The van der Waals surface area contributed by atoms with Gasteiger partial charge in [-0.15, -0.1) is 0 Å². The molecule has 0 amide bonds. The first-order valence-corrected chi connectivity index (χ1v) is 10.4. The maximum Gasteiger partial charge on any atom is 0.348 e. The highest BCUT2D eigenvalue weighted by molar-refractivity contribution is 6.28. The third kappa shape index (κ3) is 4.49. The van der Waals surface area contributed by atoms with Crippen molar-refractivity contribution >= 4 is 40.5 Å². The molecular formula is C20H19ClFN5O8. The Morgan fingerprint density at radius 3 is 2.46 bits per heavy atom. The molecule has 0 bridgehead atoms. The van der Waals surface area contributed by atoms with Gasteiger partial charge in [-0.1, -0.05) is 12.1 Å². The van der Waals surface area contributed by atoms with Crippen molar-refractivity contribution in [3.05, 3.63) is 47.3 Å². The number of anilines is 1. The Morgan fingerprint density at radius 1 is 1.17 bits per heavy atom. The number of aliphatic carboxylic acids is 2. The van der Waals surface area contributed by atoms with Gasteiger partial charge in [0.25, 0.3) is 5.60 Å². The quantitative estimate of drug-likeness (QED) is 0.200. The number of halogens is 2. The zero-order valence-electron chi connectivity index (χ0n) is 17.7. The third-order valence-corrected chi connectivity index (χ3v) is 5.75. The van der Waals surface area contributed by atoms with Crippen molar-refractivity contribution in [2.45, 2.75) is 36.6 Å². The van der Waals surface area contributed by atoms with Gasteiger partial charge in [-0.3, -0.25) is 4.57 Å². The zero-order valence-corrected chi connectivity index (χ0v) is 18.4. The van der Waals surface area contributed by atoms with Crippen molar-refractivity contribution in [1.82, 2.24) is 19.5 Å². The summed E-state index contributed by atoms with van der Waals surface area (Å²) in [6, 6.07) is 4.55. The molecule has 15 heteroatoms. The van der Waals surface area contributed by atoms with E-state index in [0.29, 0.717) is 0 Å². The zero-order chi connectivity index (χ0) is 25.5. The van der Waals surface area contributed by atoms with Crippen LogP contribution in [0.5, 0.6) is 0 Å². The molecule has 1 aromatic carbocycles. The molecule has 0 aliphatic carbocycles. The summed E-state index contributed by atoms with van der Waals surface area (Å²) in [5, 5.41) is 40.2. The fourth-order valence-corrected chi connectivity index (χ4v) is 3.90. The maximum absolute atomic E-state index is 13.2. The van der Waals surface area contributed by atoms with Crippen molar-refractivity contribution in [3.63, 3.8) is 0 Å². The molecule has 13 nitrogen and oxygen atoms in total. The second-order valence-corrected chi connectivity index (χ2v) is 8.14. The molecule has 4 atom stereocenters. The normalized spacial score (nSPS) is 22.5. The lowest BCUT2D eigenvalue weighted by atomic mass is 9.94. The second-order valence-electron chi connectivity index (χ2n) is 7.80. The molecule has 3 aromatic rings. The lowest BCUT2D eigenvalue weighted by Crippen LogP contribution is -2.52. The van der Waals surface area contributed by atoms with Crippen molar-refractivity contribution in [2.24, 2.45) is 0 Å². The molecule has 4 unspecified atom stereocenters. The summed E-state index contributed by atoms with van der Waals surface area (Å²) in [6.45, 7) is -0.723. The molecule has 2 aromatic heterocycles. The topological polar surface area (TPSA) is 203 Å². The molecule has 1 saturated heterocycles. The van der Waals surface area contributed by atoms with Crippen LogP contribution >= 0.6 is 11.6 Å². The van der Waals surface area contributed by atoms with Crippen molar-refractivity contribution in [2.75, 3.05) is 12.3 Å². The fourth-order valence-electron chi connectivity index (χ4n) is 3.72. The Balaban J connectivity index is 1.57. The number of aromatic nitrogens is 4. The second kappa shape index (κ2) is 9.31. The predicted molar refractivity (Wildman–Crippen MR) is 115 cm³/mol. The average molecular weight is 512 g/mol. The van der Waals surface area contributed by atoms with Crippen LogP contribution in [0.4, 0.5) is 10.2 Å². The van der Waals surface area contributed by atoms with Crippen LogP contribution < -0.4 is 5.73 Å². The summed E-state index contributed by atoms with van der Waals surface area (Å²) in [7, 11) is 0. The largest absolute Gasteiger partial charge is 0.479 e.